The van der Waals surface area contributed by atoms with Crippen LogP contribution in [-0.2, 0) is 6.42 Å². The van der Waals surface area contributed by atoms with Crippen LogP contribution in [0, 0.1) is 17.8 Å². The summed E-state index contributed by atoms with van der Waals surface area (Å²) in [6.07, 6.45) is 17.6. The molecule has 0 heterocycles. The van der Waals surface area contributed by atoms with Gasteiger partial charge in [0.2, 0.25) is 0 Å². The fourth-order valence-corrected chi connectivity index (χ4v) is 5.26. The maximum atomic E-state index is 5.72. The summed E-state index contributed by atoms with van der Waals surface area (Å²) in [5.74, 6) is 3.55. The second-order valence-corrected chi connectivity index (χ2v) is 8.74. The van der Waals surface area contributed by atoms with Crippen molar-refractivity contribution in [1.29, 1.82) is 0 Å². The zero-order valence-electron chi connectivity index (χ0n) is 15.9. The van der Waals surface area contributed by atoms with E-state index in [1.165, 1.54) is 69.8 Å². The second-order valence-electron chi connectivity index (χ2n) is 8.49. The molecule has 138 valence electrons. The number of hydrogen-bond donors (Lipinski definition) is 0. The van der Waals surface area contributed by atoms with Crippen LogP contribution in [0.5, 0.6) is 0 Å². The van der Waals surface area contributed by atoms with Gasteiger partial charge in [-0.05, 0) is 92.6 Å². The van der Waals surface area contributed by atoms with Crippen LogP contribution in [0.2, 0.25) is 0 Å². The maximum absolute atomic E-state index is 5.72. The summed E-state index contributed by atoms with van der Waals surface area (Å²) in [5.41, 5.74) is 4.77. The van der Waals surface area contributed by atoms with Gasteiger partial charge in [0.05, 0.1) is 0 Å². The van der Waals surface area contributed by atoms with Gasteiger partial charge in [-0.25, -0.2) is 0 Å². The lowest BCUT2D eigenvalue weighted by molar-refractivity contribution is 0.246. The number of halogens is 1. The Bertz CT molecular complexity index is 514. The minimum Gasteiger partial charge on any atom is -0.0933 e. The number of aryl methyl sites for hydroxylation is 1. The Morgan fingerprint density at radius 1 is 0.840 bits per heavy atom. The third kappa shape index (κ3) is 5.61. The van der Waals surface area contributed by atoms with Gasteiger partial charge in [-0.1, -0.05) is 61.7 Å². The molecule has 0 nitrogen and oxygen atoms in total. The van der Waals surface area contributed by atoms with E-state index in [0.717, 1.165) is 30.1 Å². The smallest absolute Gasteiger partial charge is 0.000525 e. The van der Waals surface area contributed by atoms with Crippen molar-refractivity contribution in [3.8, 4) is 0 Å². The Morgan fingerprint density at radius 3 is 1.92 bits per heavy atom. The minimum absolute atomic E-state index is 0.753. The van der Waals surface area contributed by atoms with Crippen molar-refractivity contribution in [3.05, 3.63) is 47.0 Å². The van der Waals surface area contributed by atoms with Crippen molar-refractivity contribution in [2.24, 2.45) is 17.8 Å². The first-order valence-electron chi connectivity index (χ1n) is 10.6. The summed E-state index contributed by atoms with van der Waals surface area (Å²) in [4.78, 5) is 0. The van der Waals surface area contributed by atoms with Gasteiger partial charge in [0.15, 0.2) is 0 Å². The molecule has 3 rings (SSSR count). The molecule has 1 aromatic rings. The molecule has 2 saturated carbocycles. The molecule has 2 aliphatic carbocycles. The molecule has 0 spiro atoms. The summed E-state index contributed by atoms with van der Waals surface area (Å²) < 4.78 is 0. The molecular weight excluding hydrogens is 324 g/mol. The molecule has 2 fully saturated rings. The molecule has 1 heteroatoms. The second kappa shape index (κ2) is 9.81. The van der Waals surface area contributed by atoms with Gasteiger partial charge in [0, 0.05) is 5.54 Å². The predicted molar refractivity (Wildman–Crippen MR) is 110 cm³/mol. The highest BCUT2D eigenvalue weighted by Crippen LogP contribution is 2.40. The van der Waals surface area contributed by atoms with E-state index in [-0.39, 0.29) is 0 Å². The molecule has 0 radical (unpaired) electrons. The van der Waals surface area contributed by atoms with Crippen LogP contribution in [0.4, 0.5) is 0 Å². The van der Waals surface area contributed by atoms with E-state index in [1.807, 2.05) is 0 Å². The van der Waals surface area contributed by atoms with E-state index in [4.69, 9.17) is 11.6 Å². The van der Waals surface area contributed by atoms with E-state index >= 15 is 0 Å². The lowest BCUT2D eigenvalue weighted by atomic mass is 9.74. The van der Waals surface area contributed by atoms with Crippen molar-refractivity contribution in [2.75, 3.05) is 0 Å². The fourth-order valence-electron chi connectivity index (χ4n) is 5.05. The number of rotatable bonds is 6. The van der Waals surface area contributed by atoms with Gasteiger partial charge in [-0.15, -0.1) is 0 Å². The molecule has 0 atom stereocenters. The quantitative estimate of drug-likeness (QED) is 0.485. The molecule has 0 amide bonds. The van der Waals surface area contributed by atoms with Crippen LogP contribution in [0.1, 0.15) is 88.2 Å². The Labute approximate surface area is 160 Å². The van der Waals surface area contributed by atoms with E-state index in [1.54, 1.807) is 11.1 Å². The fraction of sp³-hybridized carbons (Fsp3) is 0.667. The molecule has 0 unspecified atom stereocenters. The topological polar surface area (TPSA) is 0 Å². The van der Waals surface area contributed by atoms with Crippen LogP contribution in [-0.4, -0.2) is 0 Å². The standard InChI is InChI=1S/C24H35Cl/c1-2-19-9-13-23(14-10-19)24-15-11-21(12-16-24)4-3-20-5-7-22(8-6-20)17-18-25/h9-10,13-14,17-18,20-22,24H,2-8,11-12,15-16H2,1H3/b18-17+. The van der Waals surface area contributed by atoms with Gasteiger partial charge in [0.25, 0.3) is 0 Å². The van der Waals surface area contributed by atoms with Gasteiger partial charge >= 0.3 is 0 Å². The largest absolute Gasteiger partial charge is 0.0933 e. The van der Waals surface area contributed by atoms with Crippen molar-refractivity contribution in [1.82, 2.24) is 0 Å². The zero-order chi connectivity index (χ0) is 17.5. The Morgan fingerprint density at radius 2 is 1.40 bits per heavy atom. The lowest BCUT2D eigenvalue weighted by Crippen LogP contribution is -2.17. The van der Waals surface area contributed by atoms with Gasteiger partial charge in [-0.3, -0.25) is 0 Å². The molecule has 0 aliphatic heterocycles. The van der Waals surface area contributed by atoms with Gasteiger partial charge < -0.3 is 0 Å². The summed E-state index contributed by atoms with van der Waals surface area (Å²) in [6.45, 7) is 2.24. The van der Waals surface area contributed by atoms with E-state index in [9.17, 15) is 0 Å². The highest BCUT2D eigenvalue weighted by atomic mass is 35.5. The van der Waals surface area contributed by atoms with Gasteiger partial charge in [0.1, 0.15) is 0 Å². The average molecular weight is 359 g/mol. The van der Waals surface area contributed by atoms with E-state index < -0.39 is 0 Å². The van der Waals surface area contributed by atoms with Crippen LogP contribution in [0.3, 0.4) is 0 Å². The third-order valence-corrected chi connectivity index (χ3v) is 7.07. The normalized spacial score (nSPS) is 30.6. The molecule has 0 aromatic heterocycles. The van der Waals surface area contributed by atoms with E-state index in [2.05, 4.69) is 37.3 Å². The number of hydrogen-bond acceptors (Lipinski definition) is 0. The highest BCUT2D eigenvalue weighted by Gasteiger charge is 2.24. The minimum atomic E-state index is 0.753. The molecule has 2 aliphatic rings. The van der Waals surface area contributed by atoms with Gasteiger partial charge in [-0.2, -0.15) is 0 Å². The summed E-state index contributed by atoms with van der Waals surface area (Å²) >= 11 is 5.72. The molecule has 25 heavy (non-hydrogen) atoms. The Balaban J connectivity index is 1.36. The van der Waals surface area contributed by atoms with Crippen molar-refractivity contribution in [2.45, 2.75) is 83.5 Å². The van der Waals surface area contributed by atoms with Crippen molar-refractivity contribution in [3.63, 3.8) is 0 Å². The predicted octanol–water partition coefficient (Wildman–Crippen LogP) is 7.86. The molecule has 0 bridgehead atoms. The van der Waals surface area contributed by atoms with E-state index in [0.29, 0.717) is 0 Å². The average Bonchev–Trinajstić information content (AvgIpc) is 2.68. The maximum Gasteiger partial charge on any atom is 0.000525 e. The molecular formula is C24H35Cl. The first-order chi connectivity index (χ1) is 12.3. The van der Waals surface area contributed by atoms with Crippen LogP contribution in [0.15, 0.2) is 35.9 Å². The first kappa shape index (κ1) is 19.0. The van der Waals surface area contributed by atoms with Crippen LogP contribution >= 0.6 is 11.6 Å². The number of benzene rings is 1. The van der Waals surface area contributed by atoms with Crippen LogP contribution < -0.4 is 0 Å². The summed E-state index contributed by atoms with van der Waals surface area (Å²) in [6, 6.07) is 9.43. The number of allylic oxidation sites excluding steroid dienone is 1. The molecule has 1 aromatic carbocycles. The van der Waals surface area contributed by atoms with Crippen LogP contribution in [0.25, 0.3) is 0 Å². The lowest BCUT2D eigenvalue weighted by Gasteiger charge is -2.31. The zero-order valence-corrected chi connectivity index (χ0v) is 16.7. The Kier molecular flexibility index (Phi) is 7.47. The SMILES string of the molecule is CCc1ccc(C2CCC(CCC3CCC(/C=C/Cl)CC3)CC2)cc1. The first-order valence-corrected chi connectivity index (χ1v) is 11.1. The van der Waals surface area contributed by atoms with Crippen molar-refractivity contribution < 1.29 is 0 Å². The molecule has 0 N–H and O–H groups in total. The highest BCUT2D eigenvalue weighted by molar-refractivity contribution is 6.25. The summed E-state index contributed by atoms with van der Waals surface area (Å²) in [5, 5.41) is 0. The third-order valence-electron chi connectivity index (χ3n) is 6.93. The molecule has 0 saturated heterocycles. The monoisotopic (exact) mass is 358 g/mol. The summed E-state index contributed by atoms with van der Waals surface area (Å²) in [7, 11) is 0. The van der Waals surface area contributed by atoms with Crippen molar-refractivity contribution >= 4 is 11.6 Å². The Hall–Kier alpha value is -0.750.